The molecule has 0 bridgehead atoms. The molecule has 0 radical (unpaired) electrons. The lowest BCUT2D eigenvalue weighted by atomic mass is 10.2. The Morgan fingerprint density at radius 2 is 2.10 bits per heavy atom. The highest BCUT2D eigenvalue weighted by Gasteiger charge is 2.18. The van der Waals surface area contributed by atoms with E-state index in [1.54, 1.807) is 0 Å². The van der Waals surface area contributed by atoms with Gasteiger partial charge in [-0.05, 0) is 0 Å². The lowest BCUT2D eigenvalue weighted by molar-refractivity contribution is -0.236. The van der Waals surface area contributed by atoms with E-state index in [4.69, 9.17) is 16.1 Å². The predicted molar refractivity (Wildman–Crippen MR) is 28.9 cm³/mol. The fourth-order valence-electron chi connectivity index (χ4n) is 0.339. The van der Waals surface area contributed by atoms with Crippen LogP contribution < -0.4 is 5.73 Å². The minimum Gasteiger partial charge on any atom is -0.481 e. The second kappa shape index (κ2) is 3.80. The van der Waals surface area contributed by atoms with Crippen LogP contribution in [0.25, 0.3) is 0 Å². The van der Waals surface area contributed by atoms with Gasteiger partial charge in [-0.15, -0.1) is 0 Å². The average Bonchev–Trinajstić information content (AvgIpc) is 1.85. The van der Waals surface area contributed by atoms with E-state index in [0.29, 0.717) is 0 Å². The van der Waals surface area contributed by atoms with Crippen molar-refractivity contribution in [3.8, 4) is 0 Å². The topological polar surface area (TPSA) is 110 Å². The van der Waals surface area contributed by atoms with Crippen LogP contribution in [0.3, 0.4) is 0 Å². The number of carbonyl (C=O) groups excluding carboxylic acids is 1. The Kier molecular flexibility index (Phi) is 3.37. The molecule has 0 spiro atoms. The summed E-state index contributed by atoms with van der Waals surface area (Å²) in [6.07, 6.45) is -0.556. The lowest BCUT2D eigenvalue weighted by Crippen LogP contribution is -2.33. The number of hydrogen-bond acceptors (Lipinski definition) is 5. The van der Waals surface area contributed by atoms with Gasteiger partial charge in [0, 0.05) is 0 Å². The maximum Gasteiger partial charge on any atom is 0.359 e. The van der Waals surface area contributed by atoms with Crippen LogP contribution in [-0.4, -0.2) is 28.3 Å². The van der Waals surface area contributed by atoms with Crippen molar-refractivity contribution in [2.75, 3.05) is 0 Å². The number of hydrogen-bond donors (Lipinski definition) is 3. The summed E-state index contributed by atoms with van der Waals surface area (Å²) in [7, 11) is 0. The summed E-state index contributed by atoms with van der Waals surface area (Å²) in [5, 5.41) is 15.8. The number of rotatable bonds is 3. The molecule has 0 aliphatic carbocycles. The maximum absolute atomic E-state index is 10.2. The summed E-state index contributed by atoms with van der Waals surface area (Å²) >= 11 is 0. The predicted octanol–water partition coefficient (Wildman–Crippen LogP) is -1.20. The molecular weight excluding hydrogens is 142 g/mol. The third-order valence-electron chi connectivity index (χ3n) is 0.787. The number of aliphatic carboxylic acids is 1. The Morgan fingerprint density at radius 1 is 1.60 bits per heavy atom. The monoisotopic (exact) mass is 149 g/mol. The first kappa shape index (κ1) is 8.86. The second-order valence-corrected chi connectivity index (χ2v) is 1.61. The van der Waals surface area contributed by atoms with Gasteiger partial charge >= 0.3 is 11.9 Å². The van der Waals surface area contributed by atoms with E-state index < -0.39 is 24.4 Å². The van der Waals surface area contributed by atoms with E-state index in [1.807, 2.05) is 0 Å². The molecule has 0 aromatic heterocycles. The van der Waals surface area contributed by atoms with Crippen molar-refractivity contribution in [1.82, 2.24) is 0 Å². The van der Waals surface area contributed by atoms with Crippen molar-refractivity contribution in [3.63, 3.8) is 0 Å². The molecule has 0 aliphatic heterocycles. The number of nitrogens with two attached hydrogens (primary N) is 1. The molecule has 58 valence electrons. The summed E-state index contributed by atoms with van der Waals surface area (Å²) in [6, 6.07) is -1.30. The van der Waals surface area contributed by atoms with Gasteiger partial charge in [0.05, 0.1) is 6.42 Å². The zero-order valence-corrected chi connectivity index (χ0v) is 4.98. The summed E-state index contributed by atoms with van der Waals surface area (Å²) in [6.45, 7) is 0. The first-order chi connectivity index (χ1) is 4.57. The highest BCUT2D eigenvalue weighted by molar-refractivity contribution is 5.81. The Balaban J connectivity index is 3.72. The van der Waals surface area contributed by atoms with Crippen molar-refractivity contribution in [1.29, 1.82) is 0 Å². The highest BCUT2D eigenvalue weighted by atomic mass is 17.1. The minimum absolute atomic E-state index is 0.556. The van der Waals surface area contributed by atoms with Gasteiger partial charge in [0.1, 0.15) is 6.04 Å². The van der Waals surface area contributed by atoms with Crippen molar-refractivity contribution in [2.45, 2.75) is 12.5 Å². The number of carbonyl (C=O) groups is 2. The van der Waals surface area contributed by atoms with E-state index >= 15 is 0 Å². The Morgan fingerprint density at radius 3 is 2.40 bits per heavy atom. The van der Waals surface area contributed by atoms with E-state index in [1.165, 1.54) is 0 Å². The van der Waals surface area contributed by atoms with Gasteiger partial charge < -0.3 is 10.8 Å². The molecule has 0 aromatic rings. The molecule has 4 N–H and O–H groups in total. The largest absolute Gasteiger partial charge is 0.481 e. The SMILES string of the molecule is N[C@H](CC(=O)O)C(=O)OO. The normalized spacial score (nSPS) is 12.2. The molecule has 0 unspecified atom stereocenters. The summed E-state index contributed by atoms with van der Waals surface area (Å²) in [5.41, 5.74) is 4.91. The van der Waals surface area contributed by atoms with Crippen LogP contribution in [0.2, 0.25) is 0 Å². The summed E-state index contributed by atoms with van der Waals surface area (Å²) in [4.78, 5) is 23.2. The average molecular weight is 149 g/mol. The van der Waals surface area contributed by atoms with Crippen LogP contribution in [0, 0.1) is 0 Å². The minimum atomic E-state index is -1.30. The van der Waals surface area contributed by atoms with Gasteiger partial charge in [0.2, 0.25) is 0 Å². The van der Waals surface area contributed by atoms with Crippen LogP contribution in [0.15, 0.2) is 0 Å². The molecular formula is C4H7NO5. The van der Waals surface area contributed by atoms with E-state index in [-0.39, 0.29) is 0 Å². The van der Waals surface area contributed by atoms with Gasteiger partial charge in [0.25, 0.3) is 0 Å². The zero-order valence-electron chi connectivity index (χ0n) is 4.98. The van der Waals surface area contributed by atoms with Crippen molar-refractivity contribution in [2.24, 2.45) is 5.73 Å². The Bertz CT molecular complexity index is 145. The molecule has 0 saturated heterocycles. The molecule has 0 rings (SSSR count). The molecule has 0 aliphatic rings. The van der Waals surface area contributed by atoms with Crippen LogP contribution >= 0.6 is 0 Å². The quantitative estimate of drug-likeness (QED) is 0.343. The van der Waals surface area contributed by atoms with E-state index in [9.17, 15) is 9.59 Å². The van der Waals surface area contributed by atoms with Crippen LogP contribution in [-0.2, 0) is 14.5 Å². The van der Waals surface area contributed by atoms with Crippen LogP contribution in [0.1, 0.15) is 6.42 Å². The van der Waals surface area contributed by atoms with Crippen molar-refractivity contribution in [3.05, 3.63) is 0 Å². The zero-order chi connectivity index (χ0) is 8.15. The van der Waals surface area contributed by atoms with E-state index in [0.717, 1.165) is 0 Å². The Hall–Kier alpha value is -1.14. The molecule has 6 heteroatoms. The molecule has 0 heterocycles. The van der Waals surface area contributed by atoms with Gasteiger partial charge in [-0.1, -0.05) is 0 Å². The van der Waals surface area contributed by atoms with Crippen molar-refractivity contribution >= 4 is 11.9 Å². The fraction of sp³-hybridized carbons (Fsp3) is 0.500. The molecule has 10 heavy (non-hydrogen) atoms. The summed E-state index contributed by atoms with van der Waals surface area (Å²) in [5.74, 6) is -2.37. The Labute approximate surface area is 56.1 Å². The third kappa shape index (κ3) is 3.00. The maximum atomic E-state index is 10.2. The standard InChI is InChI=1S/C4H7NO5/c5-2(1-3(6)7)4(8)10-9/h2,9H,1,5H2,(H,6,7)/t2-/m1/s1. The van der Waals surface area contributed by atoms with Crippen molar-refractivity contribution < 1.29 is 24.8 Å². The van der Waals surface area contributed by atoms with Crippen LogP contribution in [0.4, 0.5) is 0 Å². The third-order valence-corrected chi connectivity index (χ3v) is 0.787. The number of carboxylic acids is 1. The first-order valence-corrected chi connectivity index (χ1v) is 2.40. The smallest absolute Gasteiger partial charge is 0.359 e. The summed E-state index contributed by atoms with van der Waals surface area (Å²) < 4.78 is 0. The number of carboxylic acid groups (broad SMARTS) is 1. The molecule has 1 atom stereocenters. The molecule has 0 amide bonds. The second-order valence-electron chi connectivity index (χ2n) is 1.61. The highest BCUT2D eigenvalue weighted by Crippen LogP contribution is 1.89. The van der Waals surface area contributed by atoms with E-state index in [2.05, 4.69) is 4.89 Å². The van der Waals surface area contributed by atoms with Gasteiger partial charge in [-0.3, -0.25) is 9.68 Å². The van der Waals surface area contributed by atoms with Crippen LogP contribution in [0.5, 0.6) is 0 Å². The molecule has 6 nitrogen and oxygen atoms in total. The fourth-order valence-corrected chi connectivity index (χ4v) is 0.339. The molecule has 0 aromatic carbocycles. The van der Waals surface area contributed by atoms with Gasteiger partial charge in [-0.25, -0.2) is 4.79 Å². The molecule has 0 fully saturated rings. The lowest BCUT2D eigenvalue weighted by Gasteiger charge is -2.01. The first-order valence-electron chi connectivity index (χ1n) is 2.40. The van der Waals surface area contributed by atoms with Gasteiger partial charge in [0.15, 0.2) is 0 Å². The molecule has 0 saturated carbocycles. The van der Waals surface area contributed by atoms with Gasteiger partial charge in [-0.2, -0.15) is 5.26 Å².